The van der Waals surface area contributed by atoms with Crippen molar-refractivity contribution in [2.24, 2.45) is 0 Å². The van der Waals surface area contributed by atoms with Crippen molar-refractivity contribution < 1.29 is 19.4 Å². The van der Waals surface area contributed by atoms with Gasteiger partial charge in [0.05, 0.1) is 23.3 Å². The molecule has 2 aromatic heterocycles. The van der Waals surface area contributed by atoms with Crippen molar-refractivity contribution >= 4 is 29.0 Å². The monoisotopic (exact) mass is 512 g/mol. The van der Waals surface area contributed by atoms with E-state index in [9.17, 15) is 9.90 Å². The maximum Gasteiger partial charge on any atom is 0.335 e. The minimum Gasteiger partial charge on any atom is -0.478 e. The third-order valence-corrected chi connectivity index (χ3v) is 7.19. The van der Waals surface area contributed by atoms with E-state index in [1.165, 1.54) is 0 Å². The Morgan fingerprint density at radius 1 is 1.03 bits per heavy atom. The van der Waals surface area contributed by atoms with Crippen LogP contribution in [0.3, 0.4) is 0 Å². The first-order valence-corrected chi connectivity index (χ1v) is 12.3. The van der Waals surface area contributed by atoms with Gasteiger partial charge >= 0.3 is 5.97 Å². The molecule has 2 atom stereocenters. The standard InChI is InChI=1S/C28H24N4O4S/c1-16-12-21(17(2)31(16)19-7-5-6-18(13-19)27(33)34)26-25(22-8-3-4-11-29-22)30-28(37)32(26)20-9-10-23-24(14-20)36-15-35-23/h3-14,25-26H,15H2,1-2H3,(H,30,37)(H,33,34)/t25-,26+/m0/s1. The van der Waals surface area contributed by atoms with Gasteiger partial charge in [0.15, 0.2) is 16.6 Å². The van der Waals surface area contributed by atoms with Crippen LogP contribution < -0.4 is 19.7 Å². The van der Waals surface area contributed by atoms with Crippen LogP contribution in [0.1, 0.15) is 45.1 Å². The first-order chi connectivity index (χ1) is 17.9. The predicted octanol–water partition coefficient (Wildman–Crippen LogP) is 5.09. The van der Waals surface area contributed by atoms with Gasteiger partial charge in [-0.05, 0) is 80.2 Å². The largest absolute Gasteiger partial charge is 0.478 e. The topological polar surface area (TPSA) is 88.9 Å². The van der Waals surface area contributed by atoms with Gasteiger partial charge in [-0.1, -0.05) is 12.1 Å². The van der Waals surface area contributed by atoms with Crippen LogP contribution in [-0.4, -0.2) is 32.5 Å². The molecule has 2 aliphatic heterocycles. The number of hydrogen-bond acceptors (Lipinski definition) is 5. The zero-order chi connectivity index (χ0) is 25.7. The summed E-state index contributed by atoms with van der Waals surface area (Å²) in [7, 11) is 0. The van der Waals surface area contributed by atoms with E-state index in [2.05, 4.69) is 25.8 Å². The Hall–Kier alpha value is -4.37. The molecule has 6 rings (SSSR count). The van der Waals surface area contributed by atoms with Crippen LogP contribution >= 0.6 is 12.2 Å². The van der Waals surface area contributed by atoms with Crippen LogP contribution in [0.15, 0.2) is 72.9 Å². The van der Waals surface area contributed by atoms with E-state index in [0.717, 1.165) is 34.0 Å². The first kappa shape index (κ1) is 23.1. The molecule has 37 heavy (non-hydrogen) atoms. The molecule has 1 saturated heterocycles. The molecule has 0 saturated carbocycles. The molecule has 0 amide bonds. The molecule has 1 fully saturated rings. The van der Waals surface area contributed by atoms with Gasteiger partial charge in [0.25, 0.3) is 0 Å². The molecule has 2 aliphatic rings. The summed E-state index contributed by atoms with van der Waals surface area (Å²) in [5, 5.41) is 13.6. The molecule has 0 unspecified atom stereocenters. The molecule has 8 nitrogen and oxygen atoms in total. The summed E-state index contributed by atoms with van der Waals surface area (Å²) in [6, 6.07) is 20.3. The van der Waals surface area contributed by atoms with Gasteiger partial charge in [0, 0.05) is 35.0 Å². The number of thiocarbonyl (C=S) groups is 1. The van der Waals surface area contributed by atoms with E-state index in [1.54, 1.807) is 24.4 Å². The van der Waals surface area contributed by atoms with Gasteiger partial charge in [-0.15, -0.1) is 0 Å². The average molecular weight is 513 g/mol. The van der Waals surface area contributed by atoms with Crippen LogP contribution in [0, 0.1) is 13.8 Å². The lowest BCUT2D eigenvalue weighted by atomic mass is 9.96. The van der Waals surface area contributed by atoms with Gasteiger partial charge in [0.1, 0.15) is 0 Å². The van der Waals surface area contributed by atoms with Crippen molar-refractivity contribution in [3.63, 3.8) is 0 Å². The number of ether oxygens (including phenoxy) is 2. The van der Waals surface area contributed by atoms with Crippen LogP contribution in [0.2, 0.25) is 0 Å². The van der Waals surface area contributed by atoms with Crippen LogP contribution in [-0.2, 0) is 0 Å². The highest BCUT2D eigenvalue weighted by atomic mass is 32.1. The minimum atomic E-state index is -0.959. The highest BCUT2D eigenvalue weighted by molar-refractivity contribution is 7.80. The van der Waals surface area contributed by atoms with Crippen LogP contribution in [0.4, 0.5) is 5.69 Å². The summed E-state index contributed by atoms with van der Waals surface area (Å²) >= 11 is 5.87. The maximum atomic E-state index is 11.6. The van der Waals surface area contributed by atoms with E-state index >= 15 is 0 Å². The van der Waals surface area contributed by atoms with Crippen molar-refractivity contribution in [1.29, 1.82) is 0 Å². The van der Waals surface area contributed by atoms with Gasteiger partial charge in [0.2, 0.25) is 6.79 Å². The number of carboxylic acids is 1. The molecule has 0 aliphatic carbocycles. The van der Waals surface area contributed by atoms with Crippen LogP contribution in [0.25, 0.3) is 5.69 Å². The van der Waals surface area contributed by atoms with E-state index in [0.29, 0.717) is 16.6 Å². The number of rotatable bonds is 5. The summed E-state index contributed by atoms with van der Waals surface area (Å²) < 4.78 is 13.2. The Morgan fingerprint density at radius 3 is 2.65 bits per heavy atom. The summed E-state index contributed by atoms with van der Waals surface area (Å²) in [5.74, 6) is 0.423. The molecule has 4 aromatic rings. The Kier molecular flexibility index (Phi) is 5.57. The molecule has 0 bridgehead atoms. The fourth-order valence-corrected chi connectivity index (χ4v) is 5.59. The number of carboxylic acid groups (broad SMARTS) is 1. The number of aromatic nitrogens is 2. The fourth-order valence-electron chi connectivity index (χ4n) is 5.25. The molecule has 186 valence electrons. The van der Waals surface area contributed by atoms with E-state index in [4.69, 9.17) is 21.7 Å². The normalized spacial score (nSPS) is 18.2. The maximum absolute atomic E-state index is 11.6. The molecule has 0 spiro atoms. The van der Waals surface area contributed by atoms with E-state index < -0.39 is 5.97 Å². The van der Waals surface area contributed by atoms with Gasteiger partial charge in [-0.3, -0.25) is 4.98 Å². The molecule has 2 N–H and O–H groups in total. The zero-order valence-electron chi connectivity index (χ0n) is 20.2. The van der Waals surface area contributed by atoms with Gasteiger partial charge in [-0.25, -0.2) is 4.79 Å². The van der Waals surface area contributed by atoms with Crippen molar-refractivity contribution in [3.8, 4) is 17.2 Å². The quantitative estimate of drug-likeness (QED) is 0.358. The third kappa shape index (κ3) is 3.88. The predicted molar refractivity (Wildman–Crippen MR) is 143 cm³/mol. The molecular weight excluding hydrogens is 488 g/mol. The SMILES string of the molecule is Cc1cc([C@@H]2[C@H](c3ccccn3)NC(=S)N2c2ccc3c(c2)OCO3)c(C)n1-c1cccc(C(=O)O)c1. The van der Waals surface area contributed by atoms with Crippen molar-refractivity contribution in [1.82, 2.24) is 14.9 Å². The number of aromatic carboxylic acids is 1. The number of nitrogens with zero attached hydrogens (tertiary/aromatic N) is 3. The zero-order valence-corrected chi connectivity index (χ0v) is 21.0. The number of aryl methyl sites for hydroxylation is 1. The number of fused-ring (bicyclic) bond motifs is 1. The Morgan fingerprint density at radius 2 is 1.86 bits per heavy atom. The van der Waals surface area contributed by atoms with E-state index in [-0.39, 0.29) is 24.4 Å². The molecule has 4 heterocycles. The molecule has 9 heteroatoms. The fraction of sp³-hybridized carbons (Fsp3) is 0.179. The smallest absolute Gasteiger partial charge is 0.335 e. The third-order valence-electron chi connectivity index (χ3n) is 6.87. The molecular formula is C28H24N4O4S. The van der Waals surface area contributed by atoms with Crippen LogP contribution in [0.5, 0.6) is 11.5 Å². The van der Waals surface area contributed by atoms with Crippen molar-refractivity contribution in [3.05, 3.63) is 101 Å². The van der Waals surface area contributed by atoms with E-state index in [1.807, 2.05) is 56.3 Å². The Bertz CT molecular complexity index is 1530. The van der Waals surface area contributed by atoms with Crippen molar-refractivity contribution in [2.45, 2.75) is 25.9 Å². The lowest BCUT2D eigenvalue weighted by molar-refractivity contribution is 0.0697. The number of anilines is 1. The lowest BCUT2D eigenvalue weighted by Gasteiger charge is -2.28. The lowest BCUT2D eigenvalue weighted by Crippen LogP contribution is -2.29. The second-order valence-corrected chi connectivity index (χ2v) is 9.44. The average Bonchev–Trinajstić information content (AvgIpc) is 3.59. The highest BCUT2D eigenvalue weighted by Gasteiger charge is 2.42. The molecule has 2 aromatic carbocycles. The number of hydrogen-bond donors (Lipinski definition) is 2. The highest BCUT2D eigenvalue weighted by Crippen LogP contribution is 2.46. The number of carbonyl (C=O) groups is 1. The number of nitrogens with one attached hydrogen (secondary N) is 1. The Balaban J connectivity index is 1.51. The summed E-state index contributed by atoms with van der Waals surface area (Å²) in [6.07, 6.45) is 1.78. The first-order valence-electron chi connectivity index (χ1n) is 11.9. The number of benzene rings is 2. The molecule has 0 radical (unpaired) electrons. The summed E-state index contributed by atoms with van der Waals surface area (Å²) in [5.41, 5.74) is 5.81. The second-order valence-electron chi connectivity index (χ2n) is 9.05. The summed E-state index contributed by atoms with van der Waals surface area (Å²) in [4.78, 5) is 18.4. The summed E-state index contributed by atoms with van der Waals surface area (Å²) in [6.45, 7) is 4.26. The van der Waals surface area contributed by atoms with Crippen molar-refractivity contribution in [2.75, 3.05) is 11.7 Å². The van der Waals surface area contributed by atoms with Gasteiger partial charge < -0.3 is 29.4 Å². The Labute approximate surface area is 219 Å². The minimum absolute atomic E-state index is 0.192. The van der Waals surface area contributed by atoms with Gasteiger partial charge in [-0.2, -0.15) is 0 Å². The number of pyridine rings is 1. The second kappa shape index (κ2) is 8.94.